The lowest BCUT2D eigenvalue weighted by atomic mass is 10.2. The van der Waals surface area contributed by atoms with Crippen LogP contribution in [0, 0.1) is 6.92 Å². The molecule has 1 N–H and O–H groups in total. The van der Waals surface area contributed by atoms with Crippen molar-refractivity contribution in [1.29, 1.82) is 0 Å². The molecule has 0 fully saturated rings. The molecule has 0 spiro atoms. The molecule has 7 heteroatoms. The van der Waals surface area contributed by atoms with E-state index in [1.807, 2.05) is 0 Å². The lowest BCUT2D eigenvalue weighted by molar-refractivity contribution is 0.605. The van der Waals surface area contributed by atoms with Crippen LogP contribution in [0.25, 0.3) is 0 Å². The van der Waals surface area contributed by atoms with Gasteiger partial charge in [0.2, 0.25) is 10.0 Å². The van der Waals surface area contributed by atoms with E-state index >= 15 is 0 Å². The number of anilines is 1. The first-order valence-corrected chi connectivity index (χ1v) is 6.82. The minimum absolute atomic E-state index is 0.166. The van der Waals surface area contributed by atoms with Crippen molar-refractivity contribution in [3.05, 3.63) is 27.7 Å². The summed E-state index contributed by atoms with van der Waals surface area (Å²) in [6.45, 7) is 1.75. The summed E-state index contributed by atoms with van der Waals surface area (Å²) in [7, 11) is -3.59. The maximum Gasteiger partial charge on any atom is 0.246 e. The second kappa shape index (κ2) is 4.78. The third-order valence-electron chi connectivity index (χ3n) is 1.69. The third kappa shape index (κ3) is 3.14. The molecule has 0 saturated heterocycles. The molecular formula is C8H8Cl3NO2S. The largest absolute Gasteiger partial charge is 0.280 e. The van der Waals surface area contributed by atoms with Gasteiger partial charge < -0.3 is 0 Å². The summed E-state index contributed by atoms with van der Waals surface area (Å²) in [4.78, 5) is 0. The van der Waals surface area contributed by atoms with Crippen LogP contribution in [0.4, 0.5) is 5.69 Å². The molecule has 15 heavy (non-hydrogen) atoms. The zero-order chi connectivity index (χ0) is 11.6. The standard InChI is InChI=1S/C8H8Cl3NO2S/c1-5-2-3-6(10)8(7(5)11)12-15(13,14)4-9/h2-3,12H,4H2,1H3. The first kappa shape index (κ1) is 12.9. The second-order valence-electron chi connectivity index (χ2n) is 2.88. The predicted octanol–water partition coefficient (Wildman–Crippen LogP) is 3.24. The van der Waals surface area contributed by atoms with Crippen LogP contribution in [0.2, 0.25) is 10.0 Å². The van der Waals surface area contributed by atoms with Crippen LogP contribution in [0.3, 0.4) is 0 Å². The van der Waals surface area contributed by atoms with E-state index in [-0.39, 0.29) is 15.7 Å². The van der Waals surface area contributed by atoms with Crippen molar-refractivity contribution in [1.82, 2.24) is 0 Å². The molecule has 1 aromatic carbocycles. The van der Waals surface area contributed by atoms with Crippen LogP contribution < -0.4 is 4.72 Å². The van der Waals surface area contributed by atoms with Gasteiger partial charge in [0.05, 0.1) is 15.7 Å². The van der Waals surface area contributed by atoms with Crippen molar-refractivity contribution < 1.29 is 8.42 Å². The normalized spacial score (nSPS) is 11.5. The van der Waals surface area contributed by atoms with Crippen LogP contribution in [-0.2, 0) is 10.0 Å². The van der Waals surface area contributed by atoms with E-state index in [1.54, 1.807) is 19.1 Å². The van der Waals surface area contributed by atoms with Gasteiger partial charge in [-0.1, -0.05) is 29.3 Å². The van der Waals surface area contributed by atoms with Gasteiger partial charge in [0.25, 0.3) is 0 Å². The maximum absolute atomic E-state index is 11.2. The van der Waals surface area contributed by atoms with Gasteiger partial charge in [-0.2, -0.15) is 0 Å². The average molecular weight is 289 g/mol. The first-order chi connectivity index (χ1) is 6.87. The van der Waals surface area contributed by atoms with Crippen molar-refractivity contribution in [2.45, 2.75) is 6.92 Å². The van der Waals surface area contributed by atoms with Crippen LogP contribution in [0.5, 0.6) is 0 Å². The molecule has 0 heterocycles. The predicted molar refractivity (Wildman–Crippen MR) is 64.5 cm³/mol. The smallest absolute Gasteiger partial charge is 0.246 e. The zero-order valence-corrected chi connectivity index (χ0v) is 10.8. The van der Waals surface area contributed by atoms with Crippen LogP contribution >= 0.6 is 34.8 Å². The van der Waals surface area contributed by atoms with E-state index in [1.165, 1.54) is 0 Å². The van der Waals surface area contributed by atoms with E-state index in [9.17, 15) is 8.42 Å². The highest BCUT2D eigenvalue weighted by molar-refractivity contribution is 7.93. The van der Waals surface area contributed by atoms with Crippen molar-refractivity contribution >= 4 is 50.5 Å². The fraction of sp³-hybridized carbons (Fsp3) is 0.250. The van der Waals surface area contributed by atoms with Crippen molar-refractivity contribution in [2.24, 2.45) is 0 Å². The molecule has 1 rings (SSSR count). The molecule has 0 unspecified atom stereocenters. The van der Waals surface area contributed by atoms with Gasteiger partial charge >= 0.3 is 0 Å². The zero-order valence-electron chi connectivity index (χ0n) is 7.72. The number of sulfonamides is 1. The minimum atomic E-state index is -3.59. The van der Waals surface area contributed by atoms with Crippen LogP contribution in [0.15, 0.2) is 12.1 Å². The van der Waals surface area contributed by atoms with E-state index in [0.717, 1.165) is 5.56 Å². The average Bonchev–Trinajstić information content (AvgIpc) is 2.19. The van der Waals surface area contributed by atoms with Gasteiger partial charge in [0.15, 0.2) is 0 Å². The lowest BCUT2D eigenvalue weighted by Crippen LogP contribution is -2.14. The SMILES string of the molecule is Cc1ccc(Cl)c(NS(=O)(=O)CCl)c1Cl. The molecule has 0 aliphatic carbocycles. The molecule has 84 valence electrons. The van der Waals surface area contributed by atoms with Gasteiger partial charge in [-0.25, -0.2) is 8.42 Å². The minimum Gasteiger partial charge on any atom is -0.280 e. The van der Waals surface area contributed by atoms with Gasteiger partial charge in [0, 0.05) is 0 Å². The quantitative estimate of drug-likeness (QED) is 0.868. The highest BCUT2D eigenvalue weighted by Crippen LogP contribution is 2.33. The van der Waals surface area contributed by atoms with Crippen molar-refractivity contribution in [3.8, 4) is 0 Å². The summed E-state index contributed by atoms with van der Waals surface area (Å²) >= 11 is 17.0. The Bertz CT molecular complexity index is 473. The molecule has 0 radical (unpaired) electrons. The Labute approximate surface area is 103 Å². The molecule has 0 atom stereocenters. The number of hydrogen-bond acceptors (Lipinski definition) is 2. The summed E-state index contributed by atoms with van der Waals surface area (Å²) in [6, 6.07) is 3.26. The molecule has 0 bridgehead atoms. The molecule has 3 nitrogen and oxygen atoms in total. The Morgan fingerprint density at radius 1 is 1.33 bits per heavy atom. The van der Waals surface area contributed by atoms with Gasteiger partial charge in [-0.15, -0.1) is 11.6 Å². The highest BCUT2D eigenvalue weighted by atomic mass is 35.5. The van der Waals surface area contributed by atoms with E-state index < -0.39 is 15.2 Å². The number of nitrogens with one attached hydrogen (secondary N) is 1. The summed E-state index contributed by atoms with van der Waals surface area (Å²) in [6.07, 6.45) is 0. The second-order valence-corrected chi connectivity index (χ2v) is 5.97. The Morgan fingerprint density at radius 3 is 2.47 bits per heavy atom. The van der Waals surface area contributed by atoms with Crippen LogP contribution in [0.1, 0.15) is 5.56 Å². The van der Waals surface area contributed by atoms with E-state index in [2.05, 4.69) is 4.72 Å². The Balaban J connectivity index is 3.21. The van der Waals surface area contributed by atoms with E-state index in [4.69, 9.17) is 34.8 Å². The number of rotatable bonds is 3. The number of halogens is 3. The topological polar surface area (TPSA) is 46.2 Å². The fourth-order valence-electron chi connectivity index (χ4n) is 0.933. The summed E-state index contributed by atoms with van der Waals surface area (Å²) < 4.78 is 24.7. The Kier molecular flexibility index (Phi) is 4.12. The fourth-order valence-corrected chi connectivity index (χ4v) is 2.25. The van der Waals surface area contributed by atoms with Gasteiger partial charge in [-0.05, 0) is 18.6 Å². The number of aryl methyl sites for hydroxylation is 1. The molecule has 0 saturated carbocycles. The van der Waals surface area contributed by atoms with Crippen LogP contribution in [-0.4, -0.2) is 13.6 Å². The van der Waals surface area contributed by atoms with Gasteiger partial charge in [-0.3, -0.25) is 4.72 Å². The Hall–Kier alpha value is -0.160. The highest BCUT2D eigenvalue weighted by Gasteiger charge is 2.14. The summed E-state index contributed by atoms with van der Waals surface area (Å²) in [5.41, 5.74) is 0.896. The number of alkyl halides is 1. The molecule has 0 amide bonds. The molecule has 0 aliphatic rings. The van der Waals surface area contributed by atoms with Crippen molar-refractivity contribution in [2.75, 3.05) is 9.93 Å². The van der Waals surface area contributed by atoms with E-state index in [0.29, 0.717) is 0 Å². The number of hydrogen-bond donors (Lipinski definition) is 1. The molecule has 0 aromatic heterocycles. The van der Waals surface area contributed by atoms with Crippen molar-refractivity contribution in [3.63, 3.8) is 0 Å². The monoisotopic (exact) mass is 287 g/mol. The number of benzene rings is 1. The maximum atomic E-state index is 11.2. The summed E-state index contributed by atoms with van der Waals surface area (Å²) in [5.74, 6) is 0. The van der Waals surface area contributed by atoms with Gasteiger partial charge in [0.1, 0.15) is 5.21 Å². The lowest BCUT2D eigenvalue weighted by Gasteiger charge is -2.10. The Morgan fingerprint density at radius 2 is 1.93 bits per heavy atom. The third-order valence-corrected chi connectivity index (χ3v) is 4.15. The first-order valence-electron chi connectivity index (χ1n) is 3.88. The molecular weight excluding hydrogens is 281 g/mol. The summed E-state index contributed by atoms with van der Waals surface area (Å²) in [5, 5.41) is -0.0383. The molecule has 0 aliphatic heterocycles. The molecule has 1 aromatic rings.